The third-order valence-electron chi connectivity index (χ3n) is 2.95. The van der Waals surface area contributed by atoms with Gasteiger partial charge in [-0.15, -0.1) is 0 Å². The molecule has 10 heteroatoms. The van der Waals surface area contributed by atoms with E-state index >= 15 is 0 Å². The summed E-state index contributed by atoms with van der Waals surface area (Å²) in [6.07, 6.45) is -1.44. The highest BCUT2D eigenvalue weighted by atomic mass is 16.4. The van der Waals surface area contributed by atoms with E-state index in [0.717, 1.165) is 6.07 Å². The molecule has 0 aliphatic rings. The second-order valence-corrected chi connectivity index (χ2v) is 4.95. The number of hydrogen-bond donors (Lipinski definition) is 5. The van der Waals surface area contributed by atoms with Gasteiger partial charge in [-0.3, -0.25) is 19.2 Å². The first-order valence-electron chi connectivity index (χ1n) is 7.09. The SMILES string of the molecule is O=C(O)CCC(=O)Nc1ccc(C(=O)O)cc1NC(=O)CCC(=O)O. The highest BCUT2D eigenvalue weighted by molar-refractivity contribution is 6.02. The number of carbonyl (C=O) groups is 5. The maximum absolute atomic E-state index is 11.7. The van der Waals surface area contributed by atoms with Crippen LogP contribution in [0.5, 0.6) is 0 Å². The van der Waals surface area contributed by atoms with Gasteiger partial charge in [0.15, 0.2) is 0 Å². The molecule has 10 nitrogen and oxygen atoms in total. The molecule has 1 aromatic carbocycles. The van der Waals surface area contributed by atoms with E-state index < -0.39 is 36.1 Å². The van der Waals surface area contributed by atoms with Crippen molar-refractivity contribution in [1.82, 2.24) is 0 Å². The molecule has 0 spiro atoms. The molecule has 0 unspecified atom stereocenters. The summed E-state index contributed by atoms with van der Waals surface area (Å²) in [6.45, 7) is 0. The van der Waals surface area contributed by atoms with Crippen molar-refractivity contribution in [3.8, 4) is 0 Å². The van der Waals surface area contributed by atoms with E-state index in [4.69, 9.17) is 15.3 Å². The zero-order valence-electron chi connectivity index (χ0n) is 12.9. The molecule has 1 rings (SSSR count). The molecule has 5 N–H and O–H groups in total. The quantitative estimate of drug-likeness (QED) is 0.438. The Bertz CT molecular complexity index is 713. The minimum absolute atomic E-state index is 0.0287. The standard InChI is InChI=1S/C15H16N2O8/c18-11(3-5-13(20)21)16-9-2-1-8(15(24)25)7-10(9)17-12(19)4-6-14(22)23/h1-2,7H,3-6H2,(H,16,18)(H,17,19)(H,20,21)(H,22,23)(H,24,25). The molecule has 0 heterocycles. The smallest absolute Gasteiger partial charge is 0.335 e. The van der Waals surface area contributed by atoms with Crippen LogP contribution in [0.2, 0.25) is 0 Å². The molecule has 0 radical (unpaired) electrons. The van der Waals surface area contributed by atoms with Gasteiger partial charge in [0.2, 0.25) is 11.8 Å². The van der Waals surface area contributed by atoms with E-state index in [2.05, 4.69) is 10.6 Å². The van der Waals surface area contributed by atoms with Crippen LogP contribution in [0, 0.1) is 0 Å². The van der Waals surface area contributed by atoms with E-state index in [0.29, 0.717) is 0 Å². The topological polar surface area (TPSA) is 170 Å². The van der Waals surface area contributed by atoms with E-state index in [9.17, 15) is 24.0 Å². The van der Waals surface area contributed by atoms with Gasteiger partial charge in [0.05, 0.1) is 29.8 Å². The van der Waals surface area contributed by atoms with Gasteiger partial charge >= 0.3 is 17.9 Å². The fraction of sp³-hybridized carbons (Fsp3) is 0.267. The van der Waals surface area contributed by atoms with Gasteiger partial charge < -0.3 is 26.0 Å². The number of rotatable bonds is 9. The molecule has 0 aliphatic carbocycles. The molecule has 25 heavy (non-hydrogen) atoms. The lowest BCUT2D eigenvalue weighted by atomic mass is 10.1. The number of aromatic carboxylic acids is 1. The first kappa shape index (κ1) is 19.6. The van der Waals surface area contributed by atoms with Crippen LogP contribution < -0.4 is 10.6 Å². The molecule has 134 valence electrons. The Hall–Kier alpha value is -3.43. The van der Waals surface area contributed by atoms with Gasteiger partial charge in [0, 0.05) is 12.8 Å². The summed E-state index contributed by atoms with van der Waals surface area (Å²) in [7, 11) is 0. The van der Waals surface area contributed by atoms with Crippen LogP contribution in [-0.2, 0) is 19.2 Å². The molecule has 0 fully saturated rings. The van der Waals surface area contributed by atoms with Crippen molar-refractivity contribution in [1.29, 1.82) is 0 Å². The number of aliphatic carboxylic acids is 2. The van der Waals surface area contributed by atoms with Crippen molar-refractivity contribution in [2.24, 2.45) is 0 Å². The summed E-state index contributed by atoms with van der Waals surface area (Å²) in [5.74, 6) is -4.89. The fourth-order valence-corrected chi connectivity index (χ4v) is 1.76. The Labute approximate surface area is 141 Å². The molecular formula is C15H16N2O8. The average molecular weight is 352 g/mol. The summed E-state index contributed by atoms with van der Waals surface area (Å²) >= 11 is 0. The highest BCUT2D eigenvalue weighted by Gasteiger charge is 2.14. The minimum atomic E-state index is -1.26. The maximum Gasteiger partial charge on any atom is 0.335 e. The van der Waals surface area contributed by atoms with Crippen LogP contribution in [0.1, 0.15) is 36.0 Å². The van der Waals surface area contributed by atoms with Crippen molar-refractivity contribution in [2.75, 3.05) is 10.6 Å². The van der Waals surface area contributed by atoms with Crippen LogP contribution in [0.25, 0.3) is 0 Å². The molecule has 0 saturated carbocycles. The Morgan fingerprint density at radius 1 is 0.720 bits per heavy atom. The van der Waals surface area contributed by atoms with Crippen molar-refractivity contribution >= 4 is 41.1 Å². The molecule has 2 amide bonds. The zero-order valence-corrected chi connectivity index (χ0v) is 12.9. The fourth-order valence-electron chi connectivity index (χ4n) is 1.76. The lowest BCUT2D eigenvalue weighted by molar-refractivity contribution is -0.138. The molecule has 0 saturated heterocycles. The van der Waals surface area contributed by atoms with Crippen molar-refractivity contribution < 1.29 is 39.3 Å². The van der Waals surface area contributed by atoms with Crippen LogP contribution >= 0.6 is 0 Å². The lowest BCUT2D eigenvalue weighted by Crippen LogP contribution is -2.18. The number of anilines is 2. The third kappa shape index (κ3) is 7.12. The largest absolute Gasteiger partial charge is 0.481 e. The summed E-state index contributed by atoms with van der Waals surface area (Å²) in [5, 5.41) is 30.8. The summed E-state index contributed by atoms with van der Waals surface area (Å²) in [6, 6.07) is 3.55. The van der Waals surface area contributed by atoms with Gasteiger partial charge in [-0.1, -0.05) is 0 Å². The summed E-state index contributed by atoms with van der Waals surface area (Å²) in [5.41, 5.74) is -0.111. The summed E-state index contributed by atoms with van der Waals surface area (Å²) < 4.78 is 0. The third-order valence-corrected chi connectivity index (χ3v) is 2.95. The Morgan fingerprint density at radius 2 is 1.20 bits per heavy atom. The Balaban J connectivity index is 2.93. The lowest BCUT2D eigenvalue weighted by Gasteiger charge is -2.13. The predicted octanol–water partition coefficient (Wildman–Crippen LogP) is 0.991. The number of carboxylic acid groups (broad SMARTS) is 3. The van der Waals surface area contributed by atoms with Gasteiger partial charge in [0.25, 0.3) is 0 Å². The number of amides is 2. The van der Waals surface area contributed by atoms with E-state index in [-0.39, 0.29) is 36.2 Å². The second kappa shape index (κ2) is 9.01. The highest BCUT2D eigenvalue weighted by Crippen LogP contribution is 2.24. The van der Waals surface area contributed by atoms with Crippen molar-refractivity contribution in [3.05, 3.63) is 23.8 Å². The zero-order chi connectivity index (χ0) is 19.0. The van der Waals surface area contributed by atoms with E-state index in [1.165, 1.54) is 12.1 Å². The second-order valence-electron chi connectivity index (χ2n) is 4.95. The molecule has 0 bridgehead atoms. The first-order valence-corrected chi connectivity index (χ1v) is 7.09. The number of benzene rings is 1. The van der Waals surface area contributed by atoms with Crippen LogP contribution in [0.3, 0.4) is 0 Å². The van der Waals surface area contributed by atoms with Crippen LogP contribution in [0.4, 0.5) is 11.4 Å². The molecular weight excluding hydrogens is 336 g/mol. The Kier molecular flexibility index (Phi) is 7.07. The Morgan fingerprint density at radius 3 is 1.64 bits per heavy atom. The van der Waals surface area contributed by atoms with Crippen LogP contribution in [-0.4, -0.2) is 45.0 Å². The summed E-state index contributed by atoms with van der Waals surface area (Å²) in [4.78, 5) is 55.4. The monoisotopic (exact) mass is 352 g/mol. The molecule has 0 aromatic heterocycles. The maximum atomic E-state index is 11.7. The average Bonchev–Trinajstić information content (AvgIpc) is 2.52. The van der Waals surface area contributed by atoms with Gasteiger partial charge in [-0.25, -0.2) is 4.79 Å². The van der Waals surface area contributed by atoms with Crippen LogP contribution in [0.15, 0.2) is 18.2 Å². The van der Waals surface area contributed by atoms with Crippen molar-refractivity contribution in [2.45, 2.75) is 25.7 Å². The van der Waals surface area contributed by atoms with Gasteiger partial charge in [-0.05, 0) is 18.2 Å². The normalized spacial score (nSPS) is 9.92. The van der Waals surface area contributed by atoms with Crippen molar-refractivity contribution in [3.63, 3.8) is 0 Å². The van der Waals surface area contributed by atoms with Gasteiger partial charge in [-0.2, -0.15) is 0 Å². The number of carboxylic acids is 3. The number of hydrogen-bond acceptors (Lipinski definition) is 5. The van der Waals surface area contributed by atoms with E-state index in [1.54, 1.807) is 0 Å². The molecule has 0 atom stereocenters. The van der Waals surface area contributed by atoms with E-state index in [1.807, 2.05) is 0 Å². The number of nitrogens with one attached hydrogen (secondary N) is 2. The molecule has 1 aromatic rings. The number of carbonyl (C=O) groups excluding carboxylic acids is 2. The first-order chi connectivity index (χ1) is 11.7. The van der Waals surface area contributed by atoms with Gasteiger partial charge in [0.1, 0.15) is 0 Å². The molecule has 0 aliphatic heterocycles. The predicted molar refractivity (Wildman–Crippen MR) is 84.4 cm³/mol. The minimum Gasteiger partial charge on any atom is -0.481 e.